The minimum absolute atomic E-state index is 0.149. The van der Waals surface area contributed by atoms with Crippen LogP contribution in [0.5, 0.6) is 0 Å². The van der Waals surface area contributed by atoms with Gasteiger partial charge in [-0.3, -0.25) is 0 Å². The molecule has 0 bridgehead atoms. The van der Waals surface area contributed by atoms with Crippen molar-refractivity contribution in [2.24, 2.45) is 5.41 Å². The normalized spacial score (nSPS) is 30.4. The second-order valence-electron chi connectivity index (χ2n) is 8.08. The van der Waals surface area contributed by atoms with Crippen molar-refractivity contribution in [3.63, 3.8) is 0 Å². The Hall–Kier alpha value is -0.770. The van der Waals surface area contributed by atoms with E-state index >= 15 is 0 Å². The van der Waals surface area contributed by atoms with Crippen molar-refractivity contribution in [1.82, 2.24) is 10.2 Å². The standard InChI is InChI=1S/C16H30N2O2/c1-15(2,3)20-14(19)18-11-16(4,5)9-8-13(18)12-7-6-10-17-12/h12-13,17H,6-11H2,1-5H3. The van der Waals surface area contributed by atoms with Gasteiger partial charge in [-0.15, -0.1) is 0 Å². The molecule has 0 radical (unpaired) electrons. The second kappa shape index (κ2) is 5.55. The first-order chi connectivity index (χ1) is 9.18. The average Bonchev–Trinajstić information content (AvgIpc) is 2.78. The number of hydrogen-bond donors (Lipinski definition) is 1. The molecule has 0 aromatic rings. The second-order valence-corrected chi connectivity index (χ2v) is 8.08. The monoisotopic (exact) mass is 282 g/mol. The summed E-state index contributed by atoms with van der Waals surface area (Å²) >= 11 is 0. The fourth-order valence-corrected chi connectivity index (χ4v) is 3.33. The van der Waals surface area contributed by atoms with Crippen molar-refractivity contribution in [2.45, 2.75) is 78.0 Å². The first-order valence-corrected chi connectivity index (χ1v) is 7.91. The summed E-state index contributed by atoms with van der Waals surface area (Å²) in [5, 5.41) is 3.55. The fraction of sp³-hybridized carbons (Fsp3) is 0.938. The SMILES string of the molecule is CC1(C)CCC(C2CCCN2)N(C(=O)OC(C)(C)C)C1. The van der Waals surface area contributed by atoms with Crippen LogP contribution >= 0.6 is 0 Å². The number of likely N-dealkylation sites (tertiary alicyclic amines) is 1. The summed E-state index contributed by atoms with van der Waals surface area (Å²) in [4.78, 5) is 14.5. The number of nitrogens with one attached hydrogen (secondary N) is 1. The van der Waals surface area contributed by atoms with Crippen LogP contribution in [0.1, 0.15) is 60.3 Å². The van der Waals surface area contributed by atoms with Gasteiger partial charge in [-0.05, 0) is 58.4 Å². The molecular weight excluding hydrogens is 252 g/mol. The third-order valence-corrected chi connectivity index (χ3v) is 4.31. The summed E-state index contributed by atoms with van der Waals surface area (Å²) in [5.41, 5.74) is -0.238. The Kier molecular flexibility index (Phi) is 4.33. The van der Waals surface area contributed by atoms with Crippen molar-refractivity contribution in [3.8, 4) is 0 Å². The molecule has 1 N–H and O–H groups in total. The maximum absolute atomic E-state index is 12.5. The van der Waals surface area contributed by atoms with Gasteiger partial charge in [0.2, 0.25) is 0 Å². The predicted octanol–water partition coefficient (Wildman–Crippen LogP) is 3.16. The molecule has 2 aliphatic heterocycles. The van der Waals surface area contributed by atoms with E-state index in [0.717, 1.165) is 19.5 Å². The minimum Gasteiger partial charge on any atom is -0.444 e. The molecule has 2 heterocycles. The van der Waals surface area contributed by atoms with Crippen molar-refractivity contribution in [2.75, 3.05) is 13.1 Å². The molecule has 0 spiro atoms. The highest BCUT2D eigenvalue weighted by Crippen LogP contribution is 2.35. The summed E-state index contributed by atoms with van der Waals surface area (Å²) in [6, 6.07) is 0.735. The van der Waals surface area contributed by atoms with Gasteiger partial charge < -0.3 is 15.0 Å². The van der Waals surface area contributed by atoms with Gasteiger partial charge in [0.25, 0.3) is 0 Å². The number of piperidine rings is 1. The van der Waals surface area contributed by atoms with Crippen molar-refractivity contribution in [3.05, 3.63) is 0 Å². The summed E-state index contributed by atoms with van der Waals surface area (Å²) in [6.45, 7) is 12.2. The van der Waals surface area contributed by atoms with E-state index in [1.807, 2.05) is 25.7 Å². The molecule has 2 saturated heterocycles. The zero-order valence-electron chi connectivity index (χ0n) is 13.7. The number of carbonyl (C=O) groups is 1. The molecule has 2 rings (SSSR count). The lowest BCUT2D eigenvalue weighted by Crippen LogP contribution is -2.57. The molecule has 4 nitrogen and oxygen atoms in total. The summed E-state index contributed by atoms with van der Waals surface area (Å²) in [6.07, 6.45) is 4.49. The molecule has 0 aromatic heterocycles. The number of hydrogen-bond acceptors (Lipinski definition) is 3. The first-order valence-electron chi connectivity index (χ1n) is 7.91. The highest BCUT2D eigenvalue weighted by atomic mass is 16.6. The number of rotatable bonds is 1. The van der Waals surface area contributed by atoms with E-state index in [1.165, 1.54) is 19.3 Å². The molecule has 116 valence electrons. The van der Waals surface area contributed by atoms with Crippen LogP contribution in [0.25, 0.3) is 0 Å². The predicted molar refractivity (Wildman–Crippen MR) is 80.8 cm³/mol. The highest BCUT2D eigenvalue weighted by Gasteiger charge is 2.41. The van der Waals surface area contributed by atoms with E-state index in [2.05, 4.69) is 19.2 Å². The zero-order valence-corrected chi connectivity index (χ0v) is 13.7. The van der Waals surface area contributed by atoms with Gasteiger partial charge in [0.1, 0.15) is 5.60 Å². The van der Waals surface area contributed by atoms with Crippen molar-refractivity contribution < 1.29 is 9.53 Å². The number of ether oxygens (including phenoxy) is 1. The average molecular weight is 282 g/mol. The number of amides is 1. The Morgan fingerprint density at radius 3 is 2.55 bits per heavy atom. The van der Waals surface area contributed by atoms with Crippen LogP contribution in [-0.4, -0.2) is 41.8 Å². The number of nitrogens with zero attached hydrogens (tertiary/aromatic N) is 1. The van der Waals surface area contributed by atoms with E-state index in [9.17, 15) is 4.79 Å². The van der Waals surface area contributed by atoms with Crippen LogP contribution in [0, 0.1) is 5.41 Å². The molecule has 2 fully saturated rings. The van der Waals surface area contributed by atoms with Crippen LogP contribution < -0.4 is 5.32 Å². The molecule has 0 aromatic carbocycles. The zero-order chi connectivity index (χ0) is 15.0. The molecule has 2 unspecified atom stereocenters. The van der Waals surface area contributed by atoms with Gasteiger partial charge in [-0.2, -0.15) is 0 Å². The van der Waals surface area contributed by atoms with Crippen molar-refractivity contribution >= 4 is 6.09 Å². The van der Waals surface area contributed by atoms with Crippen LogP contribution in [0.4, 0.5) is 4.79 Å². The quantitative estimate of drug-likeness (QED) is 0.803. The van der Waals surface area contributed by atoms with E-state index < -0.39 is 5.60 Å². The Balaban J connectivity index is 2.11. The molecule has 1 amide bonds. The lowest BCUT2D eigenvalue weighted by molar-refractivity contribution is -0.0128. The fourth-order valence-electron chi connectivity index (χ4n) is 3.33. The Labute approximate surface area is 123 Å². The van der Waals surface area contributed by atoms with E-state index in [0.29, 0.717) is 12.1 Å². The molecule has 0 aliphatic carbocycles. The molecule has 20 heavy (non-hydrogen) atoms. The maximum atomic E-state index is 12.5. The summed E-state index contributed by atoms with van der Waals surface area (Å²) in [7, 11) is 0. The summed E-state index contributed by atoms with van der Waals surface area (Å²) in [5.74, 6) is 0. The molecule has 2 aliphatic rings. The largest absolute Gasteiger partial charge is 0.444 e. The van der Waals surface area contributed by atoms with Crippen LogP contribution in [0.3, 0.4) is 0 Å². The van der Waals surface area contributed by atoms with Gasteiger partial charge >= 0.3 is 6.09 Å². The highest BCUT2D eigenvalue weighted by molar-refractivity contribution is 5.69. The Bertz CT molecular complexity index is 354. The molecule has 0 saturated carbocycles. The third-order valence-electron chi connectivity index (χ3n) is 4.31. The lowest BCUT2D eigenvalue weighted by Gasteiger charge is -2.46. The Morgan fingerprint density at radius 1 is 1.30 bits per heavy atom. The molecular formula is C16H30N2O2. The Morgan fingerprint density at radius 2 is 2.00 bits per heavy atom. The molecule has 2 atom stereocenters. The van der Waals surface area contributed by atoms with Crippen molar-refractivity contribution in [1.29, 1.82) is 0 Å². The number of carbonyl (C=O) groups excluding carboxylic acids is 1. The lowest BCUT2D eigenvalue weighted by atomic mass is 9.79. The minimum atomic E-state index is -0.424. The van der Waals surface area contributed by atoms with E-state index in [4.69, 9.17) is 4.74 Å². The van der Waals surface area contributed by atoms with Crippen LogP contribution in [-0.2, 0) is 4.74 Å². The van der Waals surface area contributed by atoms with Gasteiger partial charge in [-0.25, -0.2) is 4.79 Å². The van der Waals surface area contributed by atoms with Crippen LogP contribution in [0.2, 0.25) is 0 Å². The summed E-state index contributed by atoms with van der Waals surface area (Å²) < 4.78 is 5.62. The maximum Gasteiger partial charge on any atom is 0.410 e. The van der Waals surface area contributed by atoms with Gasteiger partial charge in [0, 0.05) is 12.6 Å². The smallest absolute Gasteiger partial charge is 0.410 e. The van der Waals surface area contributed by atoms with E-state index in [1.54, 1.807) is 0 Å². The van der Waals surface area contributed by atoms with Gasteiger partial charge in [0.15, 0.2) is 0 Å². The third kappa shape index (κ3) is 3.87. The van der Waals surface area contributed by atoms with Gasteiger partial charge in [-0.1, -0.05) is 13.8 Å². The van der Waals surface area contributed by atoms with E-state index in [-0.39, 0.29) is 11.5 Å². The first kappa shape index (κ1) is 15.6. The van der Waals surface area contributed by atoms with Gasteiger partial charge in [0.05, 0.1) is 6.04 Å². The molecule has 4 heteroatoms. The van der Waals surface area contributed by atoms with Crippen LogP contribution in [0.15, 0.2) is 0 Å². The topological polar surface area (TPSA) is 41.6 Å².